The van der Waals surface area contributed by atoms with Crippen LogP contribution in [-0.4, -0.2) is 13.1 Å². The molecule has 1 heteroatoms. The largest absolute Gasteiger partial charge is 0.371 e. The molecule has 100 valence electrons. The summed E-state index contributed by atoms with van der Waals surface area (Å²) in [6.45, 7) is 14.0. The first kappa shape index (κ1) is 13.5. The average molecular weight is 245 g/mol. The number of hydrogen-bond acceptors (Lipinski definition) is 1. The van der Waals surface area contributed by atoms with E-state index in [-0.39, 0.29) is 5.41 Å². The van der Waals surface area contributed by atoms with Crippen molar-refractivity contribution >= 4 is 5.69 Å². The molecule has 0 aromatic heterocycles. The standard InChI is InChI=1S/C17H27N/c1-16(2,3)14-6-8-15(9-7-14)18-12-10-17(4,5)11-13-18/h6-9H,10-13H2,1-5H3. The zero-order valence-electron chi connectivity index (χ0n) is 12.6. The summed E-state index contributed by atoms with van der Waals surface area (Å²) in [6.07, 6.45) is 2.60. The molecule has 1 fully saturated rings. The molecule has 0 amide bonds. The predicted molar refractivity (Wildman–Crippen MR) is 80.4 cm³/mol. The molecule has 0 spiro atoms. The van der Waals surface area contributed by atoms with Crippen LogP contribution in [0.4, 0.5) is 5.69 Å². The van der Waals surface area contributed by atoms with Crippen molar-refractivity contribution in [3.63, 3.8) is 0 Å². The summed E-state index contributed by atoms with van der Waals surface area (Å²) in [4.78, 5) is 2.53. The summed E-state index contributed by atoms with van der Waals surface area (Å²) in [6, 6.07) is 9.15. The maximum atomic E-state index is 2.53. The first-order chi connectivity index (χ1) is 8.28. The molecule has 0 atom stereocenters. The van der Waals surface area contributed by atoms with Gasteiger partial charge in [-0.1, -0.05) is 46.8 Å². The molecule has 0 saturated carbocycles. The van der Waals surface area contributed by atoms with E-state index in [2.05, 4.69) is 63.8 Å². The van der Waals surface area contributed by atoms with Gasteiger partial charge < -0.3 is 4.90 Å². The van der Waals surface area contributed by atoms with Crippen molar-refractivity contribution in [3.05, 3.63) is 29.8 Å². The van der Waals surface area contributed by atoms with E-state index in [0.29, 0.717) is 5.41 Å². The molecule has 0 N–H and O–H groups in total. The molecular formula is C17H27N. The zero-order valence-corrected chi connectivity index (χ0v) is 12.6. The van der Waals surface area contributed by atoms with E-state index in [1.165, 1.54) is 37.2 Å². The molecule has 18 heavy (non-hydrogen) atoms. The van der Waals surface area contributed by atoms with Gasteiger partial charge in [0.1, 0.15) is 0 Å². The van der Waals surface area contributed by atoms with Crippen LogP contribution in [0, 0.1) is 5.41 Å². The number of hydrogen-bond donors (Lipinski definition) is 0. The van der Waals surface area contributed by atoms with Crippen molar-refractivity contribution in [1.82, 2.24) is 0 Å². The Hall–Kier alpha value is -0.980. The van der Waals surface area contributed by atoms with E-state index in [4.69, 9.17) is 0 Å². The minimum Gasteiger partial charge on any atom is -0.371 e. The Morgan fingerprint density at radius 3 is 1.89 bits per heavy atom. The van der Waals surface area contributed by atoms with E-state index >= 15 is 0 Å². The van der Waals surface area contributed by atoms with Gasteiger partial charge >= 0.3 is 0 Å². The van der Waals surface area contributed by atoms with Crippen LogP contribution in [0.5, 0.6) is 0 Å². The minimum atomic E-state index is 0.252. The van der Waals surface area contributed by atoms with Crippen LogP contribution in [0.25, 0.3) is 0 Å². The second-order valence-electron chi connectivity index (χ2n) is 7.45. The fourth-order valence-corrected chi connectivity index (χ4v) is 2.54. The molecular weight excluding hydrogens is 218 g/mol. The van der Waals surface area contributed by atoms with E-state index in [1.54, 1.807) is 0 Å². The maximum Gasteiger partial charge on any atom is 0.0366 e. The number of anilines is 1. The second kappa shape index (κ2) is 4.60. The number of benzene rings is 1. The average Bonchev–Trinajstić information content (AvgIpc) is 2.28. The van der Waals surface area contributed by atoms with E-state index in [1.807, 2.05) is 0 Å². The third-order valence-electron chi connectivity index (χ3n) is 4.22. The summed E-state index contributed by atoms with van der Waals surface area (Å²) >= 11 is 0. The van der Waals surface area contributed by atoms with Crippen LogP contribution in [0.3, 0.4) is 0 Å². The molecule has 0 aliphatic carbocycles. The van der Waals surface area contributed by atoms with Gasteiger partial charge in [0.2, 0.25) is 0 Å². The lowest BCUT2D eigenvalue weighted by molar-refractivity contribution is 0.280. The Morgan fingerprint density at radius 2 is 1.44 bits per heavy atom. The highest BCUT2D eigenvalue weighted by molar-refractivity contribution is 5.49. The van der Waals surface area contributed by atoms with Crippen molar-refractivity contribution in [1.29, 1.82) is 0 Å². The highest BCUT2D eigenvalue weighted by atomic mass is 15.1. The van der Waals surface area contributed by atoms with E-state index < -0.39 is 0 Å². The van der Waals surface area contributed by atoms with Crippen molar-refractivity contribution in [2.24, 2.45) is 5.41 Å². The van der Waals surface area contributed by atoms with Gasteiger partial charge in [-0.05, 0) is 41.4 Å². The quantitative estimate of drug-likeness (QED) is 0.698. The van der Waals surface area contributed by atoms with Crippen molar-refractivity contribution in [2.45, 2.75) is 52.9 Å². The van der Waals surface area contributed by atoms with Crippen molar-refractivity contribution < 1.29 is 0 Å². The number of nitrogens with zero attached hydrogens (tertiary/aromatic N) is 1. The lowest BCUT2D eigenvalue weighted by atomic mass is 9.82. The van der Waals surface area contributed by atoms with Gasteiger partial charge in [0, 0.05) is 18.8 Å². The van der Waals surface area contributed by atoms with Crippen LogP contribution in [0.15, 0.2) is 24.3 Å². The van der Waals surface area contributed by atoms with Crippen LogP contribution >= 0.6 is 0 Å². The van der Waals surface area contributed by atoms with Crippen LogP contribution in [0.2, 0.25) is 0 Å². The van der Waals surface area contributed by atoms with Crippen LogP contribution in [-0.2, 0) is 5.41 Å². The first-order valence-electron chi connectivity index (χ1n) is 7.13. The fourth-order valence-electron chi connectivity index (χ4n) is 2.54. The topological polar surface area (TPSA) is 3.24 Å². The third kappa shape index (κ3) is 3.07. The van der Waals surface area contributed by atoms with Gasteiger partial charge in [0.05, 0.1) is 0 Å². The molecule has 1 aliphatic rings. The lowest BCUT2D eigenvalue weighted by Gasteiger charge is -2.38. The Balaban J connectivity index is 2.07. The minimum absolute atomic E-state index is 0.252. The Kier molecular flexibility index (Phi) is 3.44. The molecule has 2 rings (SSSR count). The van der Waals surface area contributed by atoms with Gasteiger partial charge in [-0.2, -0.15) is 0 Å². The smallest absolute Gasteiger partial charge is 0.0366 e. The Labute approximate surface area is 112 Å². The van der Waals surface area contributed by atoms with Crippen LogP contribution < -0.4 is 4.90 Å². The van der Waals surface area contributed by atoms with Gasteiger partial charge in [-0.15, -0.1) is 0 Å². The van der Waals surface area contributed by atoms with Gasteiger partial charge in [-0.3, -0.25) is 0 Å². The normalized spacial score (nSPS) is 19.9. The summed E-state index contributed by atoms with van der Waals surface area (Å²) in [7, 11) is 0. The summed E-state index contributed by atoms with van der Waals surface area (Å²) < 4.78 is 0. The van der Waals surface area contributed by atoms with E-state index in [0.717, 1.165) is 0 Å². The SMILES string of the molecule is CC1(C)CCN(c2ccc(C(C)(C)C)cc2)CC1. The molecule has 1 heterocycles. The zero-order chi connectivity index (χ0) is 13.4. The molecule has 1 nitrogen and oxygen atoms in total. The molecule has 1 aromatic carbocycles. The Morgan fingerprint density at radius 1 is 0.944 bits per heavy atom. The van der Waals surface area contributed by atoms with Gasteiger partial charge in [0.15, 0.2) is 0 Å². The fraction of sp³-hybridized carbons (Fsp3) is 0.647. The predicted octanol–water partition coefficient (Wildman–Crippen LogP) is 4.61. The third-order valence-corrected chi connectivity index (χ3v) is 4.22. The Bertz CT molecular complexity index is 385. The summed E-state index contributed by atoms with van der Waals surface area (Å²) in [5.41, 5.74) is 3.59. The summed E-state index contributed by atoms with van der Waals surface area (Å²) in [5, 5.41) is 0. The maximum absolute atomic E-state index is 2.53. The number of piperidine rings is 1. The van der Waals surface area contributed by atoms with Crippen molar-refractivity contribution in [3.8, 4) is 0 Å². The van der Waals surface area contributed by atoms with Crippen LogP contribution in [0.1, 0.15) is 53.0 Å². The van der Waals surface area contributed by atoms with Gasteiger partial charge in [0.25, 0.3) is 0 Å². The monoisotopic (exact) mass is 245 g/mol. The molecule has 1 saturated heterocycles. The highest BCUT2D eigenvalue weighted by Gasteiger charge is 2.25. The molecule has 1 aliphatic heterocycles. The molecule has 0 bridgehead atoms. The molecule has 0 radical (unpaired) electrons. The first-order valence-corrected chi connectivity index (χ1v) is 7.13. The number of rotatable bonds is 1. The molecule has 0 unspecified atom stereocenters. The van der Waals surface area contributed by atoms with Gasteiger partial charge in [-0.25, -0.2) is 0 Å². The molecule has 1 aromatic rings. The lowest BCUT2D eigenvalue weighted by Crippen LogP contribution is -2.37. The second-order valence-corrected chi connectivity index (χ2v) is 7.45. The summed E-state index contributed by atoms with van der Waals surface area (Å²) in [5.74, 6) is 0. The van der Waals surface area contributed by atoms with Crippen molar-refractivity contribution in [2.75, 3.05) is 18.0 Å². The highest BCUT2D eigenvalue weighted by Crippen LogP contribution is 2.33. The van der Waals surface area contributed by atoms with E-state index in [9.17, 15) is 0 Å².